The van der Waals surface area contributed by atoms with E-state index in [1.807, 2.05) is 24.3 Å². The standard InChI is InChI=1S/C19H18FN/c20-18-10-6-7-16(15-18)11-12-19(21-13-4-5-14-21)17-8-2-1-3-9-17/h1-3,6-10,15,19H,4-5,13-14H2. The lowest BCUT2D eigenvalue weighted by atomic mass is 10.1. The molecule has 0 aliphatic carbocycles. The highest BCUT2D eigenvalue weighted by atomic mass is 19.1. The summed E-state index contributed by atoms with van der Waals surface area (Å²) >= 11 is 0. The van der Waals surface area contributed by atoms with Gasteiger partial charge in [0.2, 0.25) is 0 Å². The first-order valence-corrected chi connectivity index (χ1v) is 7.39. The molecule has 0 N–H and O–H groups in total. The van der Waals surface area contributed by atoms with Gasteiger partial charge in [-0.1, -0.05) is 48.2 Å². The second-order valence-electron chi connectivity index (χ2n) is 5.34. The number of rotatable bonds is 2. The molecule has 1 saturated heterocycles. The highest BCUT2D eigenvalue weighted by molar-refractivity contribution is 5.38. The largest absolute Gasteiger partial charge is 0.286 e. The van der Waals surface area contributed by atoms with Crippen molar-refractivity contribution in [2.24, 2.45) is 0 Å². The van der Waals surface area contributed by atoms with Gasteiger partial charge in [0.05, 0.1) is 6.04 Å². The second kappa shape index (κ2) is 6.56. The Balaban J connectivity index is 1.89. The Kier molecular flexibility index (Phi) is 4.33. The highest BCUT2D eigenvalue weighted by Gasteiger charge is 2.21. The zero-order valence-electron chi connectivity index (χ0n) is 11.9. The fourth-order valence-electron chi connectivity index (χ4n) is 2.74. The second-order valence-corrected chi connectivity index (χ2v) is 5.34. The summed E-state index contributed by atoms with van der Waals surface area (Å²) in [5.74, 6) is 6.22. The molecule has 2 aromatic carbocycles. The van der Waals surface area contributed by atoms with Crippen LogP contribution in [0.3, 0.4) is 0 Å². The first-order valence-electron chi connectivity index (χ1n) is 7.39. The Morgan fingerprint density at radius 1 is 0.952 bits per heavy atom. The summed E-state index contributed by atoms with van der Waals surface area (Å²) in [6.07, 6.45) is 2.45. The van der Waals surface area contributed by atoms with E-state index < -0.39 is 0 Å². The molecule has 2 heteroatoms. The van der Waals surface area contributed by atoms with Crippen LogP contribution in [-0.2, 0) is 0 Å². The van der Waals surface area contributed by atoms with Gasteiger partial charge in [0.15, 0.2) is 0 Å². The van der Waals surface area contributed by atoms with Gasteiger partial charge in [-0.15, -0.1) is 0 Å². The molecule has 1 aliphatic heterocycles. The number of hydrogen-bond acceptors (Lipinski definition) is 1. The van der Waals surface area contributed by atoms with Crippen LogP contribution in [0.2, 0.25) is 0 Å². The third-order valence-electron chi connectivity index (χ3n) is 3.80. The third-order valence-corrected chi connectivity index (χ3v) is 3.80. The maximum atomic E-state index is 13.2. The quantitative estimate of drug-likeness (QED) is 0.751. The Morgan fingerprint density at radius 2 is 1.71 bits per heavy atom. The van der Waals surface area contributed by atoms with Crippen LogP contribution in [0.25, 0.3) is 0 Å². The highest BCUT2D eigenvalue weighted by Crippen LogP contribution is 2.24. The lowest BCUT2D eigenvalue weighted by molar-refractivity contribution is 0.296. The van der Waals surface area contributed by atoms with E-state index in [1.54, 1.807) is 6.07 Å². The zero-order valence-corrected chi connectivity index (χ0v) is 11.9. The van der Waals surface area contributed by atoms with Crippen molar-refractivity contribution in [3.05, 3.63) is 71.5 Å². The predicted octanol–water partition coefficient (Wildman–Crippen LogP) is 4.01. The molecule has 1 heterocycles. The summed E-state index contributed by atoms with van der Waals surface area (Å²) in [6, 6.07) is 16.9. The lowest BCUT2D eigenvalue weighted by Gasteiger charge is -2.23. The summed E-state index contributed by atoms with van der Waals surface area (Å²) in [5.41, 5.74) is 1.94. The zero-order chi connectivity index (χ0) is 14.5. The van der Waals surface area contributed by atoms with Gasteiger partial charge in [0.1, 0.15) is 5.82 Å². The Bertz CT molecular complexity index is 648. The molecule has 1 nitrogen and oxygen atoms in total. The van der Waals surface area contributed by atoms with E-state index in [4.69, 9.17) is 0 Å². The maximum absolute atomic E-state index is 13.2. The minimum Gasteiger partial charge on any atom is -0.286 e. The maximum Gasteiger partial charge on any atom is 0.124 e. The van der Waals surface area contributed by atoms with Crippen molar-refractivity contribution in [1.29, 1.82) is 0 Å². The van der Waals surface area contributed by atoms with Crippen molar-refractivity contribution < 1.29 is 4.39 Å². The molecule has 0 spiro atoms. The van der Waals surface area contributed by atoms with Gasteiger partial charge in [-0.05, 0) is 49.7 Å². The van der Waals surface area contributed by atoms with Gasteiger partial charge < -0.3 is 0 Å². The van der Waals surface area contributed by atoms with E-state index in [-0.39, 0.29) is 11.9 Å². The summed E-state index contributed by atoms with van der Waals surface area (Å²) in [5, 5.41) is 0. The summed E-state index contributed by atoms with van der Waals surface area (Å²) < 4.78 is 13.2. The molecule has 0 aromatic heterocycles. The predicted molar refractivity (Wildman–Crippen MR) is 83.3 cm³/mol. The van der Waals surface area contributed by atoms with E-state index in [0.29, 0.717) is 0 Å². The van der Waals surface area contributed by atoms with E-state index in [0.717, 1.165) is 18.7 Å². The van der Waals surface area contributed by atoms with Gasteiger partial charge >= 0.3 is 0 Å². The summed E-state index contributed by atoms with van der Waals surface area (Å²) in [6.45, 7) is 2.16. The van der Waals surface area contributed by atoms with Gasteiger partial charge in [-0.25, -0.2) is 4.39 Å². The molecular formula is C19H18FN. The Labute approximate surface area is 125 Å². The van der Waals surface area contributed by atoms with Crippen LogP contribution in [0.15, 0.2) is 54.6 Å². The molecule has 1 atom stereocenters. The van der Waals surface area contributed by atoms with Crippen LogP contribution in [0, 0.1) is 17.7 Å². The number of benzene rings is 2. The molecule has 0 amide bonds. The number of halogens is 1. The van der Waals surface area contributed by atoms with E-state index in [2.05, 4.69) is 28.9 Å². The van der Waals surface area contributed by atoms with Crippen LogP contribution in [0.5, 0.6) is 0 Å². The normalized spacial score (nSPS) is 16.2. The molecule has 1 unspecified atom stereocenters. The number of hydrogen-bond donors (Lipinski definition) is 0. The number of likely N-dealkylation sites (tertiary alicyclic amines) is 1. The smallest absolute Gasteiger partial charge is 0.124 e. The fourth-order valence-corrected chi connectivity index (χ4v) is 2.74. The van der Waals surface area contributed by atoms with Crippen LogP contribution in [-0.4, -0.2) is 18.0 Å². The average molecular weight is 279 g/mol. The van der Waals surface area contributed by atoms with Gasteiger partial charge in [-0.2, -0.15) is 0 Å². The molecule has 1 fully saturated rings. The van der Waals surface area contributed by atoms with E-state index in [9.17, 15) is 4.39 Å². The topological polar surface area (TPSA) is 3.24 Å². The van der Waals surface area contributed by atoms with Crippen molar-refractivity contribution in [1.82, 2.24) is 4.90 Å². The number of nitrogens with zero attached hydrogens (tertiary/aromatic N) is 1. The van der Waals surface area contributed by atoms with Crippen molar-refractivity contribution in [2.75, 3.05) is 13.1 Å². The molecule has 21 heavy (non-hydrogen) atoms. The van der Waals surface area contributed by atoms with Gasteiger partial charge in [0, 0.05) is 5.56 Å². The lowest BCUT2D eigenvalue weighted by Crippen LogP contribution is -2.24. The first-order chi connectivity index (χ1) is 10.3. The van der Waals surface area contributed by atoms with Crippen LogP contribution in [0.4, 0.5) is 4.39 Å². The SMILES string of the molecule is Fc1cccc(C#CC(c2ccccc2)N2CCCC2)c1. The van der Waals surface area contributed by atoms with Crippen molar-refractivity contribution >= 4 is 0 Å². The molecular weight excluding hydrogens is 261 g/mol. The van der Waals surface area contributed by atoms with Crippen molar-refractivity contribution in [3.63, 3.8) is 0 Å². The molecule has 0 bridgehead atoms. The fraction of sp³-hybridized carbons (Fsp3) is 0.263. The molecule has 1 aliphatic rings. The molecule has 0 saturated carbocycles. The monoisotopic (exact) mass is 279 g/mol. The van der Waals surface area contributed by atoms with Crippen molar-refractivity contribution in [3.8, 4) is 11.8 Å². The molecule has 0 radical (unpaired) electrons. The average Bonchev–Trinajstić information content (AvgIpc) is 3.03. The summed E-state index contributed by atoms with van der Waals surface area (Å²) in [7, 11) is 0. The molecule has 2 aromatic rings. The molecule has 3 rings (SSSR count). The Hall–Kier alpha value is -2.11. The van der Waals surface area contributed by atoms with Gasteiger partial charge in [0.25, 0.3) is 0 Å². The van der Waals surface area contributed by atoms with E-state index >= 15 is 0 Å². The minimum atomic E-state index is -0.237. The Morgan fingerprint density at radius 3 is 2.43 bits per heavy atom. The third kappa shape index (κ3) is 3.51. The van der Waals surface area contributed by atoms with Crippen LogP contribution < -0.4 is 0 Å². The first kappa shape index (κ1) is 13.9. The van der Waals surface area contributed by atoms with Crippen LogP contribution >= 0.6 is 0 Å². The minimum absolute atomic E-state index is 0.0944. The van der Waals surface area contributed by atoms with E-state index in [1.165, 1.54) is 30.5 Å². The van der Waals surface area contributed by atoms with Gasteiger partial charge in [-0.3, -0.25) is 4.90 Å². The van der Waals surface area contributed by atoms with Crippen LogP contribution in [0.1, 0.15) is 30.0 Å². The van der Waals surface area contributed by atoms with Crippen molar-refractivity contribution in [2.45, 2.75) is 18.9 Å². The summed E-state index contributed by atoms with van der Waals surface area (Å²) in [4.78, 5) is 2.40. The molecule has 106 valence electrons.